The van der Waals surface area contributed by atoms with E-state index in [9.17, 15) is 4.79 Å². The van der Waals surface area contributed by atoms with Crippen LogP contribution in [0, 0.1) is 0 Å². The minimum atomic E-state index is -0.450. The van der Waals surface area contributed by atoms with Crippen molar-refractivity contribution in [1.29, 1.82) is 0 Å². The number of carbonyl (C=O) groups excluding carboxylic acids is 1. The molecule has 0 amide bonds. The van der Waals surface area contributed by atoms with E-state index in [1.807, 2.05) is 13.0 Å². The van der Waals surface area contributed by atoms with Crippen LogP contribution in [0.4, 0.5) is 0 Å². The number of ether oxygens (including phenoxy) is 1. The van der Waals surface area contributed by atoms with Gasteiger partial charge in [-0.25, -0.2) is 0 Å². The summed E-state index contributed by atoms with van der Waals surface area (Å²) < 4.78 is 6.33. The van der Waals surface area contributed by atoms with Gasteiger partial charge in [-0.1, -0.05) is 34.5 Å². The first-order valence-corrected chi connectivity index (χ1v) is 5.86. The predicted molar refractivity (Wildman–Crippen MR) is 64.5 cm³/mol. The van der Waals surface area contributed by atoms with Crippen LogP contribution in [0.5, 0.6) is 5.75 Å². The maximum Gasteiger partial charge on any atom is 0.172 e. The highest BCUT2D eigenvalue weighted by molar-refractivity contribution is 9.10. The lowest BCUT2D eigenvalue weighted by Gasteiger charge is -2.13. The molecule has 1 aromatic rings. The van der Waals surface area contributed by atoms with Gasteiger partial charge in [0.2, 0.25) is 0 Å². The molecule has 0 saturated heterocycles. The molecule has 0 aliphatic carbocycles. The van der Waals surface area contributed by atoms with Gasteiger partial charge >= 0.3 is 0 Å². The Morgan fingerprint density at radius 2 is 2.27 bits per heavy atom. The van der Waals surface area contributed by atoms with Gasteiger partial charge in [0.25, 0.3) is 0 Å². The fourth-order valence-electron chi connectivity index (χ4n) is 1.11. The molecule has 4 heteroatoms. The van der Waals surface area contributed by atoms with Crippen LogP contribution in [0.15, 0.2) is 22.7 Å². The number of hydrogen-bond donors (Lipinski definition) is 0. The standard InChI is InChI=1S/C11H12BrClO2/c1-3-10(14)7(2)15-11-5-4-8(12)6-9(11)13/h4-7H,3H2,1-2H3. The van der Waals surface area contributed by atoms with Crippen molar-refractivity contribution in [3.63, 3.8) is 0 Å². The quantitative estimate of drug-likeness (QED) is 0.842. The average molecular weight is 292 g/mol. The van der Waals surface area contributed by atoms with Gasteiger partial charge in [0.15, 0.2) is 11.9 Å². The van der Waals surface area contributed by atoms with Crippen LogP contribution in [0.25, 0.3) is 0 Å². The van der Waals surface area contributed by atoms with Crippen molar-refractivity contribution in [3.05, 3.63) is 27.7 Å². The Balaban J connectivity index is 2.76. The van der Waals surface area contributed by atoms with Crippen LogP contribution in [-0.4, -0.2) is 11.9 Å². The first-order valence-electron chi connectivity index (χ1n) is 4.69. The Hall–Kier alpha value is -0.540. The minimum absolute atomic E-state index is 0.0639. The molecule has 1 atom stereocenters. The molecule has 0 radical (unpaired) electrons. The van der Waals surface area contributed by atoms with E-state index in [-0.39, 0.29) is 5.78 Å². The molecule has 0 heterocycles. The minimum Gasteiger partial charge on any atom is -0.481 e. The Morgan fingerprint density at radius 1 is 1.60 bits per heavy atom. The van der Waals surface area contributed by atoms with Gasteiger partial charge in [-0.3, -0.25) is 4.79 Å². The summed E-state index contributed by atoms with van der Waals surface area (Å²) in [5.41, 5.74) is 0. The average Bonchev–Trinajstić information content (AvgIpc) is 2.20. The number of carbonyl (C=O) groups is 1. The van der Waals surface area contributed by atoms with Crippen molar-refractivity contribution in [2.75, 3.05) is 0 Å². The van der Waals surface area contributed by atoms with Gasteiger partial charge in [-0.2, -0.15) is 0 Å². The van der Waals surface area contributed by atoms with Crippen molar-refractivity contribution < 1.29 is 9.53 Å². The van der Waals surface area contributed by atoms with E-state index < -0.39 is 6.10 Å². The van der Waals surface area contributed by atoms with Crippen LogP contribution >= 0.6 is 27.5 Å². The zero-order chi connectivity index (χ0) is 11.4. The van der Waals surface area contributed by atoms with Gasteiger partial charge in [0, 0.05) is 10.9 Å². The van der Waals surface area contributed by atoms with Gasteiger partial charge in [0.1, 0.15) is 5.75 Å². The molecule has 1 rings (SSSR count). The van der Waals surface area contributed by atoms with Crippen molar-refractivity contribution >= 4 is 33.3 Å². The second kappa shape index (κ2) is 5.52. The molecule has 0 spiro atoms. The van der Waals surface area contributed by atoms with E-state index in [1.165, 1.54) is 0 Å². The number of ketones is 1. The van der Waals surface area contributed by atoms with Gasteiger partial charge in [0.05, 0.1) is 5.02 Å². The fourth-order valence-corrected chi connectivity index (χ4v) is 1.83. The van der Waals surface area contributed by atoms with Crippen molar-refractivity contribution in [2.24, 2.45) is 0 Å². The van der Waals surface area contributed by atoms with Crippen LogP contribution in [0.1, 0.15) is 20.3 Å². The summed E-state index contributed by atoms with van der Waals surface area (Å²) in [6.07, 6.45) is 0.0173. The maximum atomic E-state index is 11.3. The molecular formula is C11H12BrClO2. The monoisotopic (exact) mass is 290 g/mol. The van der Waals surface area contributed by atoms with Crippen molar-refractivity contribution in [1.82, 2.24) is 0 Å². The molecule has 0 aliphatic heterocycles. The third-order valence-corrected chi connectivity index (χ3v) is 2.79. The molecule has 0 saturated carbocycles. The predicted octanol–water partition coefficient (Wildman–Crippen LogP) is 3.85. The number of benzene rings is 1. The highest BCUT2D eigenvalue weighted by Crippen LogP contribution is 2.28. The molecular weight excluding hydrogens is 279 g/mol. The third-order valence-electron chi connectivity index (χ3n) is 2.00. The molecule has 0 bridgehead atoms. The number of halogens is 2. The van der Waals surface area contributed by atoms with Crippen LogP contribution < -0.4 is 4.74 Å². The molecule has 1 aromatic carbocycles. The molecule has 82 valence electrons. The summed E-state index contributed by atoms with van der Waals surface area (Å²) in [6, 6.07) is 5.30. The summed E-state index contributed by atoms with van der Waals surface area (Å²) in [7, 11) is 0. The first-order chi connectivity index (χ1) is 7.04. The third kappa shape index (κ3) is 3.50. The normalized spacial score (nSPS) is 12.3. The molecule has 2 nitrogen and oxygen atoms in total. The molecule has 0 N–H and O–H groups in total. The first kappa shape index (κ1) is 12.5. The fraction of sp³-hybridized carbons (Fsp3) is 0.364. The number of Topliss-reactive ketones (excluding diaryl/α,β-unsaturated/α-hetero) is 1. The Labute approximate surface area is 103 Å². The van der Waals surface area contributed by atoms with Crippen LogP contribution in [0.2, 0.25) is 5.02 Å². The highest BCUT2D eigenvalue weighted by Gasteiger charge is 2.13. The smallest absolute Gasteiger partial charge is 0.172 e. The lowest BCUT2D eigenvalue weighted by atomic mass is 10.2. The van der Waals surface area contributed by atoms with E-state index >= 15 is 0 Å². The lowest BCUT2D eigenvalue weighted by molar-refractivity contribution is -0.124. The summed E-state index contributed by atoms with van der Waals surface area (Å²) in [6.45, 7) is 3.54. The van der Waals surface area contributed by atoms with E-state index in [2.05, 4.69) is 15.9 Å². The molecule has 0 fully saturated rings. The second-order valence-electron chi connectivity index (χ2n) is 3.15. The van der Waals surface area contributed by atoms with Crippen LogP contribution in [0.3, 0.4) is 0 Å². The largest absolute Gasteiger partial charge is 0.481 e. The van der Waals surface area contributed by atoms with E-state index in [4.69, 9.17) is 16.3 Å². The zero-order valence-electron chi connectivity index (χ0n) is 8.59. The summed E-state index contributed by atoms with van der Waals surface area (Å²) in [5.74, 6) is 0.600. The van der Waals surface area contributed by atoms with Crippen molar-refractivity contribution in [2.45, 2.75) is 26.4 Å². The van der Waals surface area contributed by atoms with Gasteiger partial charge < -0.3 is 4.74 Å². The second-order valence-corrected chi connectivity index (χ2v) is 4.48. The Kier molecular flexibility index (Phi) is 4.61. The van der Waals surface area contributed by atoms with Gasteiger partial charge in [-0.15, -0.1) is 0 Å². The summed E-state index contributed by atoms with van der Waals surface area (Å²) >= 11 is 9.25. The van der Waals surface area contributed by atoms with Gasteiger partial charge in [-0.05, 0) is 25.1 Å². The maximum absolute atomic E-state index is 11.3. The highest BCUT2D eigenvalue weighted by atomic mass is 79.9. The van der Waals surface area contributed by atoms with E-state index in [0.717, 1.165) is 4.47 Å². The molecule has 0 aromatic heterocycles. The number of hydrogen-bond acceptors (Lipinski definition) is 2. The summed E-state index contributed by atoms with van der Waals surface area (Å²) in [5, 5.41) is 0.500. The molecule has 15 heavy (non-hydrogen) atoms. The molecule has 1 unspecified atom stereocenters. The SMILES string of the molecule is CCC(=O)C(C)Oc1ccc(Br)cc1Cl. The lowest BCUT2D eigenvalue weighted by Crippen LogP contribution is -2.22. The zero-order valence-corrected chi connectivity index (χ0v) is 10.9. The Bertz CT molecular complexity index is 366. The topological polar surface area (TPSA) is 26.3 Å². The van der Waals surface area contributed by atoms with E-state index in [1.54, 1.807) is 19.1 Å². The Morgan fingerprint density at radius 3 is 2.80 bits per heavy atom. The van der Waals surface area contributed by atoms with E-state index in [0.29, 0.717) is 17.2 Å². The summed E-state index contributed by atoms with van der Waals surface area (Å²) in [4.78, 5) is 11.3. The number of rotatable bonds is 4. The molecule has 0 aliphatic rings. The van der Waals surface area contributed by atoms with Crippen LogP contribution in [-0.2, 0) is 4.79 Å². The van der Waals surface area contributed by atoms with Crippen molar-refractivity contribution in [3.8, 4) is 5.75 Å².